The van der Waals surface area contributed by atoms with Crippen molar-refractivity contribution in [2.75, 3.05) is 20.1 Å². The van der Waals surface area contributed by atoms with Gasteiger partial charge in [0, 0.05) is 25.2 Å². The van der Waals surface area contributed by atoms with Gasteiger partial charge >= 0.3 is 0 Å². The largest absolute Gasteiger partial charge is 0.317 e. The zero-order valence-corrected chi connectivity index (χ0v) is 15.3. The number of nitrogens with zero attached hydrogens (tertiary/aromatic N) is 1. The summed E-state index contributed by atoms with van der Waals surface area (Å²) < 4.78 is 0. The topological polar surface area (TPSA) is 15.3 Å². The maximum Gasteiger partial charge on any atom is 0.0105 e. The van der Waals surface area contributed by atoms with Gasteiger partial charge in [0.05, 0.1) is 0 Å². The molecule has 2 fully saturated rings. The summed E-state index contributed by atoms with van der Waals surface area (Å²) in [5, 5.41) is 3.61. The van der Waals surface area contributed by atoms with Crippen LogP contribution in [0, 0.1) is 23.2 Å². The van der Waals surface area contributed by atoms with Gasteiger partial charge in [0.2, 0.25) is 0 Å². The van der Waals surface area contributed by atoms with Crippen LogP contribution in [0.1, 0.15) is 66.7 Å². The van der Waals surface area contributed by atoms with Gasteiger partial charge in [-0.2, -0.15) is 0 Å². The minimum absolute atomic E-state index is 0.470. The fraction of sp³-hybridized carbons (Fsp3) is 1.00. The van der Waals surface area contributed by atoms with Gasteiger partial charge in [-0.25, -0.2) is 0 Å². The Bertz CT molecular complexity index is 320. The predicted molar refractivity (Wildman–Crippen MR) is 92.6 cm³/mol. The summed E-state index contributed by atoms with van der Waals surface area (Å²) >= 11 is 0. The van der Waals surface area contributed by atoms with Gasteiger partial charge in [-0.1, -0.05) is 27.7 Å². The Labute approximate surface area is 133 Å². The molecule has 5 unspecified atom stereocenters. The molecule has 5 atom stereocenters. The number of nitrogens with one attached hydrogen (secondary N) is 1. The Morgan fingerprint density at radius 1 is 1.05 bits per heavy atom. The predicted octanol–water partition coefficient (Wildman–Crippen LogP) is 4.16. The lowest BCUT2D eigenvalue weighted by Gasteiger charge is -2.46. The van der Waals surface area contributed by atoms with Crippen LogP contribution in [0.3, 0.4) is 0 Å². The van der Waals surface area contributed by atoms with Crippen molar-refractivity contribution in [1.82, 2.24) is 10.2 Å². The number of piperidine rings is 1. The van der Waals surface area contributed by atoms with E-state index in [1.54, 1.807) is 0 Å². The van der Waals surface area contributed by atoms with Crippen molar-refractivity contribution in [3.05, 3.63) is 0 Å². The Hall–Kier alpha value is -0.0800. The highest BCUT2D eigenvalue weighted by molar-refractivity contribution is 4.91. The second kappa shape index (κ2) is 7.00. The smallest absolute Gasteiger partial charge is 0.0105 e. The summed E-state index contributed by atoms with van der Waals surface area (Å²) in [7, 11) is 2.16. The second-order valence-electron chi connectivity index (χ2n) is 9.02. The number of hydrogen-bond donors (Lipinski definition) is 1. The molecule has 21 heavy (non-hydrogen) atoms. The molecule has 2 rings (SSSR count). The molecule has 0 aromatic carbocycles. The maximum absolute atomic E-state index is 3.61. The highest BCUT2D eigenvalue weighted by atomic mass is 15.2. The molecule has 1 saturated heterocycles. The zero-order valence-electron chi connectivity index (χ0n) is 15.3. The molecule has 0 spiro atoms. The van der Waals surface area contributed by atoms with Crippen molar-refractivity contribution in [2.45, 2.75) is 78.8 Å². The first kappa shape index (κ1) is 17.3. The van der Waals surface area contributed by atoms with E-state index in [9.17, 15) is 0 Å². The average Bonchev–Trinajstić information content (AvgIpc) is 2.42. The first-order valence-corrected chi connectivity index (χ1v) is 9.22. The molecule has 0 bridgehead atoms. The van der Waals surface area contributed by atoms with Gasteiger partial charge in [-0.05, 0) is 69.2 Å². The third-order valence-corrected chi connectivity index (χ3v) is 6.29. The average molecular weight is 295 g/mol. The van der Waals surface area contributed by atoms with Crippen molar-refractivity contribution in [3.8, 4) is 0 Å². The molecule has 0 aromatic rings. The fourth-order valence-electron chi connectivity index (χ4n) is 4.57. The number of rotatable bonds is 3. The Morgan fingerprint density at radius 3 is 2.38 bits per heavy atom. The molecule has 124 valence electrons. The van der Waals surface area contributed by atoms with Crippen LogP contribution in [0.4, 0.5) is 0 Å². The Morgan fingerprint density at radius 2 is 1.76 bits per heavy atom. The van der Waals surface area contributed by atoms with Crippen molar-refractivity contribution >= 4 is 0 Å². The first-order valence-electron chi connectivity index (χ1n) is 9.22. The molecular weight excluding hydrogens is 256 g/mol. The van der Waals surface area contributed by atoms with Gasteiger partial charge in [-0.15, -0.1) is 0 Å². The van der Waals surface area contributed by atoms with E-state index in [1.807, 2.05) is 0 Å². The van der Waals surface area contributed by atoms with Gasteiger partial charge < -0.3 is 10.2 Å². The second-order valence-corrected chi connectivity index (χ2v) is 9.02. The monoisotopic (exact) mass is 294 g/mol. The number of likely N-dealkylation sites (tertiary alicyclic amines) is 1. The molecule has 0 aromatic heterocycles. The minimum Gasteiger partial charge on any atom is -0.317 e. The van der Waals surface area contributed by atoms with Crippen LogP contribution < -0.4 is 5.32 Å². The van der Waals surface area contributed by atoms with Gasteiger partial charge in [-0.3, -0.25) is 0 Å². The Balaban J connectivity index is 2.00. The molecule has 2 aliphatic rings. The van der Waals surface area contributed by atoms with Crippen LogP contribution in [0.5, 0.6) is 0 Å². The minimum atomic E-state index is 0.470. The maximum atomic E-state index is 3.61. The van der Waals surface area contributed by atoms with E-state index in [1.165, 1.54) is 45.2 Å². The third kappa shape index (κ3) is 4.45. The SMILES string of the molecule is CNC1CCC(C(C)(C)C)CC1CN1CC(C)CCC1C. The van der Waals surface area contributed by atoms with Crippen LogP contribution >= 0.6 is 0 Å². The molecule has 2 nitrogen and oxygen atoms in total. The van der Waals surface area contributed by atoms with Crippen molar-refractivity contribution in [3.63, 3.8) is 0 Å². The molecule has 1 aliphatic carbocycles. The summed E-state index contributed by atoms with van der Waals surface area (Å²) in [5.74, 6) is 2.61. The van der Waals surface area contributed by atoms with E-state index in [4.69, 9.17) is 0 Å². The van der Waals surface area contributed by atoms with E-state index in [0.29, 0.717) is 5.41 Å². The molecule has 1 N–H and O–H groups in total. The summed E-state index contributed by atoms with van der Waals surface area (Å²) in [6.07, 6.45) is 6.98. The molecule has 1 saturated carbocycles. The van der Waals surface area contributed by atoms with Gasteiger partial charge in [0.25, 0.3) is 0 Å². The summed E-state index contributed by atoms with van der Waals surface area (Å²) in [4.78, 5) is 2.79. The summed E-state index contributed by atoms with van der Waals surface area (Å²) in [6.45, 7) is 14.8. The molecule has 0 radical (unpaired) electrons. The van der Waals surface area contributed by atoms with Crippen molar-refractivity contribution in [1.29, 1.82) is 0 Å². The molecule has 0 amide bonds. The highest BCUT2D eigenvalue weighted by Gasteiger charge is 2.37. The summed E-state index contributed by atoms with van der Waals surface area (Å²) in [5.41, 5.74) is 0.470. The van der Waals surface area contributed by atoms with E-state index < -0.39 is 0 Å². The van der Waals surface area contributed by atoms with Crippen molar-refractivity contribution in [2.24, 2.45) is 23.2 Å². The normalized spacial score (nSPS) is 39.4. The first-order chi connectivity index (χ1) is 9.81. The van der Waals surface area contributed by atoms with Crippen LogP contribution in [-0.4, -0.2) is 37.1 Å². The van der Waals surface area contributed by atoms with Crippen LogP contribution in [0.15, 0.2) is 0 Å². The van der Waals surface area contributed by atoms with E-state index in [2.05, 4.69) is 51.9 Å². The Kier molecular flexibility index (Phi) is 5.76. The molecule has 2 heteroatoms. The lowest BCUT2D eigenvalue weighted by atomic mass is 9.67. The van der Waals surface area contributed by atoms with Crippen LogP contribution in [0.25, 0.3) is 0 Å². The molecular formula is C19H38N2. The van der Waals surface area contributed by atoms with E-state index >= 15 is 0 Å². The van der Waals surface area contributed by atoms with Gasteiger partial charge in [0.15, 0.2) is 0 Å². The van der Waals surface area contributed by atoms with Gasteiger partial charge in [0.1, 0.15) is 0 Å². The van der Waals surface area contributed by atoms with Crippen LogP contribution in [-0.2, 0) is 0 Å². The standard InChI is InChI=1S/C19H38N2/c1-14-7-8-15(2)21(12-14)13-16-11-17(19(3,4)5)9-10-18(16)20-6/h14-18,20H,7-13H2,1-6H3. The summed E-state index contributed by atoms with van der Waals surface area (Å²) in [6, 6.07) is 1.52. The lowest BCUT2D eigenvalue weighted by molar-refractivity contribution is 0.0540. The quantitative estimate of drug-likeness (QED) is 0.841. The van der Waals surface area contributed by atoms with E-state index in [0.717, 1.165) is 29.8 Å². The third-order valence-electron chi connectivity index (χ3n) is 6.29. The van der Waals surface area contributed by atoms with Crippen molar-refractivity contribution < 1.29 is 0 Å². The zero-order chi connectivity index (χ0) is 15.6. The lowest BCUT2D eigenvalue weighted by Crippen LogP contribution is -2.50. The number of hydrogen-bond acceptors (Lipinski definition) is 2. The highest BCUT2D eigenvalue weighted by Crippen LogP contribution is 2.41. The fourth-order valence-corrected chi connectivity index (χ4v) is 4.57. The molecule has 1 aliphatic heterocycles. The van der Waals surface area contributed by atoms with Crippen LogP contribution in [0.2, 0.25) is 0 Å². The van der Waals surface area contributed by atoms with E-state index in [-0.39, 0.29) is 0 Å². The molecule has 1 heterocycles.